The van der Waals surface area contributed by atoms with E-state index in [1.807, 2.05) is 18.2 Å². The lowest BCUT2D eigenvalue weighted by molar-refractivity contribution is -0.120. The number of pyridine rings is 1. The third-order valence-corrected chi connectivity index (χ3v) is 1.52. The van der Waals surface area contributed by atoms with Gasteiger partial charge in [0, 0.05) is 12.6 Å². The summed E-state index contributed by atoms with van der Waals surface area (Å²) in [5.74, 6) is -0.0272. The van der Waals surface area contributed by atoms with Gasteiger partial charge in [-0.2, -0.15) is 0 Å². The van der Waals surface area contributed by atoms with Crippen LogP contribution in [-0.4, -0.2) is 10.9 Å². The van der Waals surface area contributed by atoms with Crippen molar-refractivity contribution in [3.05, 3.63) is 42.7 Å². The summed E-state index contributed by atoms with van der Waals surface area (Å²) in [4.78, 5) is 15.1. The molecule has 1 N–H and O–H groups in total. The van der Waals surface area contributed by atoms with Crippen LogP contribution in [0.1, 0.15) is 12.1 Å². The first-order chi connectivity index (χ1) is 6.33. The highest BCUT2D eigenvalue weighted by Crippen LogP contribution is 1.92. The second kappa shape index (κ2) is 5.09. The second-order valence-electron chi connectivity index (χ2n) is 2.59. The fourth-order valence-electron chi connectivity index (χ4n) is 0.895. The van der Waals surface area contributed by atoms with Crippen LogP contribution in [0.25, 0.3) is 0 Å². The van der Waals surface area contributed by atoms with Gasteiger partial charge < -0.3 is 5.32 Å². The van der Waals surface area contributed by atoms with Crippen LogP contribution in [-0.2, 0) is 11.3 Å². The largest absolute Gasteiger partial charge is 0.350 e. The van der Waals surface area contributed by atoms with E-state index < -0.39 is 0 Å². The van der Waals surface area contributed by atoms with Crippen molar-refractivity contribution in [3.63, 3.8) is 0 Å². The average molecular weight is 176 g/mol. The summed E-state index contributed by atoms with van der Waals surface area (Å²) in [6.45, 7) is 3.96. The minimum atomic E-state index is -0.0272. The molecular formula is C10H12N2O. The third kappa shape index (κ3) is 3.51. The molecule has 0 aromatic carbocycles. The molecule has 13 heavy (non-hydrogen) atoms. The van der Waals surface area contributed by atoms with E-state index in [1.54, 1.807) is 12.3 Å². The van der Waals surface area contributed by atoms with E-state index in [2.05, 4.69) is 16.9 Å². The Morgan fingerprint density at radius 2 is 2.46 bits per heavy atom. The molecule has 0 aliphatic heterocycles. The highest BCUT2D eigenvalue weighted by Gasteiger charge is 1.97. The van der Waals surface area contributed by atoms with Crippen molar-refractivity contribution in [1.82, 2.24) is 10.3 Å². The number of carbonyl (C=O) groups excluding carboxylic acids is 1. The van der Waals surface area contributed by atoms with E-state index in [-0.39, 0.29) is 5.91 Å². The lowest BCUT2D eigenvalue weighted by Gasteiger charge is -2.01. The molecule has 1 amide bonds. The van der Waals surface area contributed by atoms with Gasteiger partial charge in [0.1, 0.15) is 0 Å². The summed E-state index contributed by atoms with van der Waals surface area (Å²) in [5.41, 5.74) is 0.861. The molecule has 0 radical (unpaired) electrons. The molecular weight excluding hydrogens is 164 g/mol. The van der Waals surface area contributed by atoms with Crippen molar-refractivity contribution in [1.29, 1.82) is 0 Å². The minimum absolute atomic E-state index is 0.0272. The zero-order chi connectivity index (χ0) is 9.52. The number of nitrogens with one attached hydrogen (secondary N) is 1. The highest BCUT2D eigenvalue weighted by atomic mass is 16.1. The van der Waals surface area contributed by atoms with Gasteiger partial charge in [0.25, 0.3) is 0 Å². The van der Waals surface area contributed by atoms with Gasteiger partial charge in [-0.05, 0) is 12.1 Å². The summed E-state index contributed by atoms with van der Waals surface area (Å²) in [7, 11) is 0. The Bertz CT molecular complexity index is 282. The van der Waals surface area contributed by atoms with Gasteiger partial charge >= 0.3 is 0 Å². The number of amides is 1. The molecule has 1 heterocycles. The van der Waals surface area contributed by atoms with Gasteiger partial charge in [0.15, 0.2) is 0 Å². The molecule has 3 nitrogen and oxygen atoms in total. The van der Waals surface area contributed by atoms with Crippen molar-refractivity contribution in [2.75, 3.05) is 0 Å². The van der Waals surface area contributed by atoms with Gasteiger partial charge in [-0.25, -0.2) is 0 Å². The summed E-state index contributed by atoms with van der Waals surface area (Å²) < 4.78 is 0. The smallest absolute Gasteiger partial charge is 0.224 e. The fourth-order valence-corrected chi connectivity index (χ4v) is 0.895. The van der Waals surface area contributed by atoms with Crippen LogP contribution >= 0.6 is 0 Å². The number of hydrogen-bond acceptors (Lipinski definition) is 2. The number of aromatic nitrogens is 1. The number of nitrogens with zero attached hydrogens (tertiary/aromatic N) is 1. The predicted molar refractivity (Wildman–Crippen MR) is 50.9 cm³/mol. The Morgan fingerprint density at radius 3 is 3.08 bits per heavy atom. The fraction of sp³-hybridized carbons (Fsp3) is 0.200. The summed E-state index contributed by atoms with van der Waals surface area (Å²) in [5, 5.41) is 2.73. The van der Waals surface area contributed by atoms with Gasteiger partial charge in [-0.1, -0.05) is 12.1 Å². The second-order valence-corrected chi connectivity index (χ2v) is 2.59. The van der Waals surface area contributed by atoms with E-state index in [0.717, 1.165) is 5.69 Å². The van der Waals surface area contributed by atoms with Gasteiger partial charge in [0.2, 0.25) is 5.91 Å². The molecule has 1 aromatic heterocycles. The molecule has 1 rings (SSSR count). The average Bonchev–Trinajstić information content (AvgIpc) is 2.17. The maximum atomic E-state index is 11.0. The van der Waals surface area contributed by atoms with Crippen LogP contribution in [0, 0.1) is 0 Å². The molecule has 0 saturated carbocycles. The summed E-state index contributed by atoms with van der Waals surface area (Å²) in [6, 6.07) is 5.60. The molecule has 0 aliphatic rings. The molecule has 3 heteroatoms. The van der Waals surface area contributed by atoms with Crippen LogP contribution in [0.4, 0.5) is 0 Å². The van der Waals surface area contributed by atoms with Crippen LogP contribution in [0.15, 0.2) is 37.1 Å². The zero-order valence-electron chi connectivity index (χ0n) is 7.36. The molecule has 1 aromatic rings. The summed E-state index contributed by atoms with van der Waals surface area (Å²) >= 11 is 0. The molecule has 0 bridgehead atoms. The normalized spacial score (nSPS) is 9.23. The first kappa shape index (κ1) is 9.45. The van der Waals surface area contributed by atoms with Gasteiger partial charge in [-0.3, -0.25) is 9.78 Å². The Morgan fingerprint density at radius 1 is 1.62 bits per heavy atom. The maximum Gasteiger partial charge on any atom is 0.224 e. The van der Waals surface area contributed by atoms with Crippen LogP contribution in [0.2, 0.25) is 0 Å². The molecule has 0 aliphatic carbocycles. The molecule has 68 valence electrons. The zero-order valence-corrected chi connectivity index (χ0v) is 7.36. The van der Waals surface area contributed by atoms with Gasteiger partial charge in [-0.15, -0.1) is 6.58 Å². The molecule has 0 fully saturated rings. The van der Waals surface area contributed by atoms with Crippen LogP contribution in [0.5, 0.6) is 0 Å². The first-order valence-corrected chi connectivity index (χ1v) is 4.10. The molecule has 0 saturated heterocycles. The maximum absolute atomic E-state index is 11.0. The van der Waals surface area contributed by atoms with Crippen molar-refractivity contribution < 1.29 is 4.79 Å². The first-order valence-electron chi connectivity index (χ1n) is 4.10. The Labute approximate surface area is 77.5 Å². The van der Waals surface area contributed by atoms with Crippen molar-refractivity contribution in [2.45, 2.75) is 13.0 Å². The Balaban J connectivity index is 2.35. The molecule has 0 spiro atoms. The van der Waals surface area contributed by atoms with Crippen LogP contribution in [0.3, 0.4) is 0 Å². The topological polar surface area (TPSA) is 42.0 Å². The number of rotatable bonds is 4. The molecule has 0 atom stereocenters. The minimum Gasteiger partial charge on any atom is -0.350 e. The Hall–Kier alpha value is -1.64. The predicted octanol–water partition coefficient (Wildman–Crippen LogP) is 1.27. The van der Waals surface area contributed by atoms with Crippen LogP contribution < -0.4 is 5.32 Å². The van der Waals surface area contributed by atoms with E-state index in [4.69, 9.17) is 0 Å². The lowest BCUT2D eigenvalue weighted by Crippen LogP contribution is -2.22. The lowest BCUT2D eigenvalue weighted by atomic mass is 10.3. The van der Waals surface area contributed by atoms with Gasteiger partial charge in [0.05, 0.1) is 12.2 Å². The third-order valence-electron chi connectivity index (χ3n) is 1.52. The monoisotopic (exact) mass is 176 g/mol. The van der Waals surface area contributed by atoms with E-state index in [0.29, 0.717) is 13.0 Å². The summed E-state index contributed by atoms with van der Waals surface area (Å²) in [6.07, 6.45) is 3.63. The Kier molecular flexibility index (Phi) is 3.70. The SMILES string of the molecule is C=CCC(=O)NCc1ccccn1. The van der Waals surface area contributed by atoms with E-state index >= 15 is 0 Å². The van der Waals surface area contributed by atoms with E-state index in [1.165, 1.54) is 0 Å². The highest BCUT2D eigenvalue weighted by molar-refractivity contribution is 5.77. The quantitative estimate of drug-likeness (QED) is 0.702. The number of carbonyl (C=O) groups is 1. The standard InChI is InChI=1S/C10H12N2O/c1-2-5-10(13)12-8-9-6-3-4-7-11-9/h2-4,6-7H,1,5,8H2,(H,12,13). The number of hydrogen-bond donors (Lipinski definition) is 1. The van der Waals surface area contributed by atoms with Crippen molar-refractivity contribution in [2.24, 2.45) is 0 Å². The van der Waals surface area contributed by atoms with Crippen molar-refractivity contribution >= 4 is 5.91 Å². The molecule has 0 unspecified atom stereocenters. The van der Waals surface area contributed by atoms with E-state index in [9.17, 15) is 4.79 Å². The van der Waals surface area contributed by atoms with Crippen molar-refractivity contribution in [3.8, 4) is 0 Å².